The zero-order valence-corrected chi connectivity index (χ0v) is 16.7. The molecule has 0 fully saturated rings. The van der Waals surface area contributed by atoms with Crippen molar-refractivity contribution < 1.29 is 14.3 Å². The molecule has 5 rings (SSSR count). The highest BCUT2D eigenvalue weighted by Crippen LogP contribution is 2.37. The molecule has 1 aromatic heterocycles. The molecule has 1 amide bonds. The number of aryl methyl sites for hydroxylation is 1. The number of hydrogen-bond acceptors (Lipinski definition) is 5. The van der Waals surface area contributed by atoms with Crippen molar-refractivity contribution in [1.29, 1.82) is 0 Å². The lowest BCUT2D eigenvalue weighted by Gasteiger charge is -2.19. The van der Waals surface area contributed by atoms with Crippen molar-refractivity contribution in [2.45, 2.75) is 44.7 Å². The third-order valence-electron chi connectivity index (χ3n) is 5.77. The summed E-state index contributed by atoms with van der Waals surface area (Å²) in [4.78, 5) is 12.9. The lowest BCUT2D eigenvalue weighted by Crippen LogP contribution is -2.27. The quantitative estimate of drug-likeness (QED) is 0.683. The normalized spacial score (nSPS) is 15.5. The Labute approximate surface area is 175 Å². The number of benzene rings is 2. The molecule has 2 aliphatic heterocycles. The van der Waals surface area contributed by atoms with Gasteiger partial charge >= 0.3 is 0 Å². The van der Waals surface area contributed by atoms with Crippen molar-refractivity contribution in [2.24, 2.45) is 0 Å². The van der Waals surface area contributed by atoms with Gasteiger partial charge in [0.15, 0.2) is 17.3 Å². The van der Waals surface area contributed by atoms with Crippen molar-refractivity contribution in [3.8, 4) is 11.5 Å². The maximum atomic E-state index is 12.9. The fraction of sp³-hybridized carbons (Fsp3) is 0.348. The van der Waals surface area contributed by atoms with E-state index in [2.05, 4.69) is 32.2 Å². The van der Waals surface area contributed by atoms with Gasteiger partial charge in [0, 0.05) is 25.3 Å². The van der Waals surface area contributed by atoms with Gasteiger partial charge in [-0.25, -0.2) is 0 Å². The summed E-state index contributed by atoms with van der Waals surface area (Å²) < 4.78 is 13.1. The van der Waals surface area contributed by atoms with Gasteiger partial charge in [0.05, 0.1) is 6.54 Å². The monoisotopic (exact) mass is 404 g/mol. The van der Waals surface area contributed by atoms with Crippen LogP contribution in [0.3, 0.4) is 0 Å². The molecule has 2 aliphatic rings. The van der Waals surface area contributed by atoms with Crippen LogP contribution in [0.5, 0.6) is 11.5 Å². The van der Waals surface area contributed by atoms with Gasteiger partial charge in [-0.1, -0.05) is 36.4 Å². The van der Waals surface area contributed by atoms with E-state index in [4.69, 9.17) is 9.47 Å². The SMILES string of the molecule is O=C(C[C@@H](c1ccccc1)c1ccc2c(c1)OCO2)NCc1nnc2n1CCCC2. The molecule has 0 spiro atoms. The van der Waals surface area contributed by atoms with Crippen LogP contribution in [0.15, 0.2) is 48.5 Å². The van der Waals surface area contributed by atoms with E-state index in [1.165, 1.54) is 0 Å². The molecule has 1 atom stereocenters. The molecular weight excluding hydrogens is 380 g/mol. The molecule has 7 heteroatoms. The van der Waals surface area contributed by atoms with Crippen molar-refractivity contribution in [1.82, 2.24) is 20.1 Å². The second-order valence-corrected chi connectivity index (χ2v) is 7.70. The average molecular weight is 404 g/mol. The van der Waals surface area contributed by atoms with Crippen molar-refractivity contribution in [3.63, 3.8) is 0 Å². The second-order valence-electron chi connectivity index (χ2n) is 7.70. The van der Waals surface area contributed by atoms with E-state index in [1.54, 1.807) is 0 Å². The Bertz CT molecular complexity index is 1050. The van der Waals surface area contributed by atoms with E-state index in [0.29, 0.717) is 13.0 Å². The first-order valence-electron chi connectivity index (χ1n) is 10.4. The lowest BCUT2D eigenvalue weighted by atomic mass is 9.88. The summed E-state index contributed by atoms with van der Waals surface area (Å²) >= 11 is 0. The first-order chi connectivity index (χ1) is 14.8. The average Bonchev–Trinajstić information content (AvgIpc) is 3.43. The minimum absolute atomic E-state index is 0.0188. The Morgan fingerprint density at radius 1 is 1.03 bits per heavy atom. The van der Waals surface area contributed by atoms with Crippen LogP contribution in [0, 0.1) is 0 Å². The van der Waals surface area contributed by atoms with Gasteiger partial charge in [0.25, 0.3) is 0 Å². The van der Waals surface area contributed by atoms with E-state index in [9.17, 15) is 4.79 Å². The number of rotatable bonds is 6. The van der Waals surface area contributed by atoms with E-state index in [1.807, 2.05) is 36.4 Å². The van der Waals surface area contributed by atoms with Crippen LogP contribution >= 0.6 is 0 Å². The van der Waals surface area contributed by atoms with Crippen molar-refractivity contribution in [3.05, 3.63) is 71.3 Å². The van der Waals surface area contributed by atoms with Crippen LogP contribution in [0.1, 0.15) is 48.0 Å². The summed E-state index contributed by atoms with van der Waals surface area (Å²) in [7, 11) is 0. The van der Waals surface area contributed by atoms with Crippen LogP contribution in [0.4, 0.5) is 0 Å². The highest BCUT2D eigenvalue weighted by atomic mass is 16.7. The van der Waals surface area contributed by atoms with Gasteiger partial charge in [0.1, 0.15) is 5.82 Å². The summed E-state index contributed by atoms with van der Waals surface area (Å²) in [5.74, 6) is 3.23. The Morgan fingerprint density at radius 2 is 1.90 bits per heavy atom. The molecular formula is C23H24N4O3. The fourth-order valence-corrected chi connectivity index (χ4v) is 4.18. The minimum atomic E-state index is -0.0759. The fourth-order valence-electron chi connectivity index (χ4n) is 4.18. The number of hydrogen-bond donors (Lipinski definition) is 1. The molecule has 30 heavy (non-hydrogen) atoms. The summed E-state index contributed by atoms with van der Waals surface area (Å²) in [6, 6.07) is 16.0. The molecule has 0 aliphatic carbocycles. The molecule has 7 nitrogen and oxygen atoms in total. The van der Waals surface area contributed by atoms with Crippen molar-refractivity contribution >= 4 is 5.91 Å². The number of ether oxygens (including phenoxy) is 2. The predicted molar refractivity (Wildman–Crippen MR) is 110 cm³/mol. The Kier molecular flexibility index (Phi) is 5.09. The Morgan fingerprint density at radius 3 is 2.80 bits per heavy atom. The van der Waals surface area contributed by atoms with E-state index < -0.39 is 0 Å². The zero-order chi connectivity index (χ0) is 20.3. The number of nitrogens with zero attached hydrogens (tertiary/aromatic N) is 3. The maximum absolute atomic E-state index is 12.9. The van der Waals surface area contributed by atoms with Crippen LogP contribution in [-0.4, -0.2) is 27.5 Å². The van der Waals surface area contributed by atoms with Crippen LogP contribution in [0.25, 0.3) is 0 Å². The third kappa shape index (κ3) is 3.75. The van der Waals surface area contributed by atoms with Gasteiger partial charge in [-0.2, -0.15) is 0 Å². The number of carbonyl (C=O) groups excluding carboxylic acids is 1. The van der Waals surface area contributed by atoms with Crippen LogP contribution in [0.2, 0.25) is 0 Å². The third-order valence-corrected chi connectivity index (χ3v) is 5.77. The standard InChI is InChI=1S/C23H24N4O3/c28-23(24-14-22-26-25-21-8-4-5-11-27(21)22)13-18(16-6-2-1-3-7-16)17-9-10-19-20(12-17)30-15-29-19/h1-3,6-7,9-10,12,18H,4-5,8,11,13-15H2,(H,24,28)/t18-/m0/s1. The molecule has 3 aromatic rings. The summed E-state index contributed by atoms with van der Waals surface area (Å²) in [5.41, 5.74) is 2.12. The van der Waals surface area contributed by atoms with Gasteiger partial charge in [-0.05, 0) is 36.1 Å². The van der Waals surface area contributed by atoms with E-state index >= 15 is 0 Å². The second kappa shape index (κ2) is 8.18. The van der Waals surface area contributed by atoms with E-state index in [0.717, 1.165) is 60.1 Å². The highest BCUT2D eigenvalue weighted by molar-refractivity contribution is 5.77. The molecule has 0 unspecified atom stereocenters. The number of amides is 1. The summed E-state index contributed by atoms with van der Waals surface area (Å²) in [6.07, 6.45) is 3.58. The number of nitrogens with one attached hydrogen (secondary N) is 1. The first kappa shape index (κ1) is 18.7. The molecule has 0 saturated carbocycles. The van der Waals surface area contributed by atoms with Gasteiger partial charge in [0.2, 0.25) is 12.7 Å². The largest absolute Gasteiger partial charge is 0.454 e. The molecule has 3 heterocycles. The van der Waals surface area contributed by atoms with Crippen molar-refractivity contribution in [2.75, 3.05) is 6.79 Å². The van der Waals surface area contributed by atoms with Gasteiger partial charge < -0.3 is 19.4 Å². The highest BCUT2D eigenvalue weighted by Gasteiger charge is 2.22. The number of carbonyl (C=O) groups is 1. The smallest absolute Gasteiger partial charge is 0.231 e. The molecule has 0 bridgehead atoms. The Hall–Kier alpha value is -3.35. The van der Waals surface area contributed by atoms with Crippen LogP contribution in [-0.2, 0) is 24.3 Å². The number of aromatic nitrogens is 3. The summed E-state index contributed by atoms with van der Waals surface area (Å²) in [5, 5.41) is 11.6. The topological polar surface area (TPSA) is 78.3 Å². The lowest BCUT2D eigenvalue weighted by molar-refractivity contribution is -0.121. The van der Waals surface area contributed by atoms with Gasteiger partial charge in [-0.15, -0.1) is 10.2 Å². The zero-order valence-electron chi connectivity index (χ0n) is 16.7. The molecule has 154 valence electrons. The first-order valence-corrected chi connectivity index (χ1v) is 10.4. The maximum Gasteiger partial charge on any atom is 0.231 e. The van der Waals surface area contributed by atoms with Crippen LogP contribution < -0.4 is 14.8 Å². The molecule has 0 radical (unpaired) electrons. The predicted octanol–water partition coefficient (Wildman–Crippen LogP) is 3.18. The Balaban J connectivity index is 1.32. The molecule has 1 N–H and O–H groups in total. The molecule has 0 saturated heterocycles. The minimum Gasteiger partial charge on any atom is -0.454 e. The van der Waals surface area contributed by atoms with Gasteiger partial charge in [-0.3, -0.25) is 4.79 Å². The number of fused-ring (bicyclic) bond motifs is 2. The van der Waals surface area contributed by atoms with E-state index in [-0.39, 0.29) is 18.6 Å². The summed E-state index contributed by atoms with van der Waals surface area (Å²) in [6.45, 7) is 1.56. The molecule has 2 aromatic carbocycles.